The van der Waals surface area contributed by atoms with Gasteiger partial charge in [0.05, 0.1) is 6.61 Å². The summed E-state index contributed by atoms with van der Waals surface area (Å²) in [5.74, 6) is 1.01. The van der Waals surface area contributed by atoms with Crippen molar-refractivity contribution in [1.29, 1.82) is 0 Å². The maximum Gasteiger partial charge on any atom is 0.321 e. The van der Waals surface area contributed by atoms with Gasteiger partial charge in [0, 0.05) is 19.0 Å². The first kappa shape index (κ1) is 11.7. The number of ether oxygens (including phenoxy) is 1. The van der Waals surface area contributed by atoms with Gasteiger partial charge in [-0.15, -0.1) is 0 Å². The molecule has 2 heterocycles. The van der Waals surface area contributed by atoms with E-state index in [4.69, 9.17) is 13.7 Å². The van der Waals surface area contributed by atoms with Crippen molar-refractivity contribution in [2.45, 2.75) is 0 Å². The smallest absolute Gasteiger partial charge is 0.321 e. The second kappa shape index (κ2) is 5.11. The number of aromatic nitrogens is 2. The van der Waals surface area contributed by atoms with Crippen molar-refractivity contribution < 1.29 is 13.7 Å². The van der Waals surface area contributed by atoms with E-state index in [1.807, 2.05) is 30.3 Å². The molecule has 0 aliphatic heterocycles. The molecular formula is C13H13N3O3. The molecule has 0 bridgehead atoms. The van der Waals surface area contributed by atoms with Gasteiger partial charge >= 0.3 is 6.01 Å². The van der Waals surface area contributed by atoms with Crippen molar-refractivity contribution in [3.05, 3.63) is 30.3 Å². The van der Waals surface area contributed by atoms with Crippen LogP contribution in [0.4, 0.5) is 6.01 Å². The van der Waals surface area contributed by atoms with Crippen LogP contribution in [0.25, 0.3) is 22.6 Å². The van der Waals surface area contributed by atoms with Crippen molar-refractivity contribution in [2.24, 2.45) is 0 Å². The minimum Gasteiger partial charge on any atom is -0.453 e. The highest BCUT2D eigenvalue weighted by Gasteiger charge is 2.12. The molecule has 0 aliphatic rings. The van der Waals surface area contributed by atoms with E-state index in [-0.39, 0.29) is 0 Å². The second-order valence-electron chi connectivity index (χ2n) is 3.99. The van der Waals surface area contributed by atoms with Crippen molar-refractivity contribution in [3.63, 3.8) is 0 Å². The maximum absolute atomic E-state index is 5.66. The van der Waals surface area contributed by atoms with Crippen LogP contribution < -0.4 is 5.32 Å². The lowest BCUT2D eigenvalue weighted by molar-refractivity contribution is 0.210. The lowest BCUT2D eigenvalue weighted by atomic mass is 10.2. The van der Waals surface area contributed by atoms with Gasteiger partial charge in [0.2, 0.25) is 5.82 Å². The van der Waals surface area contributed by atoms with Gasteiger partial charge in [-0.05, 0) is 12.1 Å². The van der Waals surface area contributed by atoms with E-state index in [1.54, 1.807) is 7.11 Å². The summed E-state index contributed by atoms with van der Waals surface area (Å²) in [6.45, 7) is 1.18. The van der Waals surface area contributed by atoms with E-state index in [0.29, 0.717) is 30.8 Å². The summed E-state index contributed by atoms with van der Waals surface area (Å²) in [6.07, 6.45) is 0. The zero-order chi connectivity index (χ0) is 13.1. The average Bonchev–Trinajstić information content (AvgIpc) is 3.04. The number of hydrogen-bond donors (Lipinski definition) is 1. The Hall–Kier alpha value is -2.34. The van der Waals surface area contributed by atoms with Gasteiger partial charge in [0.25, 0.3) is 0 Å². The molecule has 0 spiro atoms. The molecule has 0 saturated carbocycles. The molecule has 1 N–H and O–H groups in total. The number of nitrogens with zero attached hydrogens (tertiary/aromatic N) is 2. The minimum absolute atomic E-state index is 0.354. The molecule has 19 heavy (non-hydrogen) atoms. The highest BCUT2D eigenvalue weighted by Crippen LogP contribution is 2.26. The SMILES string of the molecule is COCCNc1nc(-c2cc3ccccc3o2)no1. The molecular weight excluding hydrogens is 246 g/mol. The van der Waals surface area contributed by atoms with Gasteiger partial charge < -0.3 is 19.0 Å². The predicted octanol–water partition coefficient (Wildman–Crippen LogP) is 2.54. The molecule has 98 valence electrons. The molecule has 0 unspecified atom stereocenters. The highest BCUT2D eigenvalue weighted by atomic mass is 16.5. The number of methoxy groups -OCH3 is 1. The normalized spacial score (nSPS) is 11.0. The van der Waals surface area contributed by atoms with Crippen LogP contribution in [0.15, 0.2) is 39.3 Å². The number of para-hydroxylation sites is 1. The molecule has 0 saturated heterocycles. The number of nitrogens with one attached hydrogen (secondary N) is 1. The summed E-state index contributed by atoms with van der Waals surface area (Å²) in [4.78, 5) is 4.21. The van der Waals surface area contributed by atoms with Gasteiger partial charge in [-0.2, -0.15) is 4.98 Å². The molecule has 3 rings (SSSR count). The maximum atomic E-state index is 5.66. The molecule has 1 aromatic carbocycles. The largest absolute Gasteiger partial charge is 0.453 e. The molecule has 2 aromatic heterocycles. The Bertz CT molecular complexity index is 641. The third kappa shape index (κ3) is 2.43. The van der Waals surface area contributed by atoms with Crippen LogP contribution in [0.2, 0.25) is 0 Å². The van der Waals surface area contributed by atoms with Crippen molar-refractivity contribution in [1.82, 2.24) is 10.1 Å². The monoisotopic (exact) mass is 259 g/mol. The first-order valence-electron chi connectivity index (χ1n) is 5.92. The Morgan fingerprint density at radius 2 is 2.21 bits per heavy atom. The number of fused-ring (bicyclic) bond motifs is 1. The summed E-state index contributed by atoms with van der Waals surface area (Å²) in [5.41, 5.74) is 0.802. The lowest BCUT2D eigenvalue weighted by Crippen LogP contribution is -2.07. The summed E-state index contributed by atoms with van der Waals surface area (Å²) >= 11 is 0. The zero-order valence-electron chi connectivity index (χ0n) is 10.4. The van der Waals surface area contributed by atoms with Crippen LogP contribution in [-0.4, -0.2) is 30.4 Å². The topological polar surface area (TPSA) is 73.3 Å². The molecule has 0 fully saturated rings. The van der Waals surface area contributed by atoms with Gasteiger partial charge in [-0.3, -0.25) is 0 Å². The first-order chi connectivity index (χ1) is 9.36. The number of furan rings is 1. The van der Waals surface area contributed by atoms with E-state index in [0.717, 1.165) is 11.0 Å². The number of hydrogen-bond acceptors (Lipinski definition) is 6. The van der Waals surface area contributed by atoms with E-state index >= 15 is 0 Å². The van der Waals surface area contributed by atoms with E-state index in [9.17, 15) is 0 Å². The standard InChI is InChI=1S/C13H13N3O3/c1-17-7-6-14-13-15-12(16-19-13)11-8-9-4-2-3-5-10(9)18-11/h2-5,8H,6-7H2,1H3,(H,14,15,16). The molecule has 6 heteroatoms. The average molecular weight is 259 g/mol. The van der Waals surface area contributed by atoms with E-state index in [1.165, 1.54) is 0 Å². The van der Waals surface area contributed by atoms with Gasteiger partial charge in [-0.25, -0.2) is 0 Å². The molecule has 0 atom stereocenters. The molecule has 0 amide bonds. The Morgan fingerprint density at radius 3 is 3.05 bits per heavy atom. The Morgan fingerprint density at radius 1 is 1.32 bits per heavy atom. The van der Waals surface area contributed by atoms with Crippen LogP contribution in [-0.2, 0) is 4.74 Å². The minimum atomic E-state index is 0.354. The van der Waals surface area contributed by atoms with Crippen molar-refractivity contribution in [3.8, 4) is 11.6 Å². The molecule has 3 aromatic rings. The Kier molecular flexibility index (Phi) is 3.16. The quantitative estimate of drug-likeness (QED) is 0.710. The number of rotatable bonds is 5. The van der Waals surface area contributed by atoms with Crippen molar-refractivity contribution in [2.75, 3.05) is 25.6 Å². The van der Waals surface area contributed by atoms with Gasteiger partial charge in [-0.1, -0.05) is 23.4 Å². The van der Waals surface area contributed by atoms with Gasteiger partial charge in [0.15, 0.2) is 5.76 Å². The third-order valence-corrected chi connectivity index (χ3v) is 2.65. The second-order valence-corrected chi connectivity index (χ2v) is 3.99. The lowest BCUT2D eigenvalue weighted by Gasteiger charge is -1.97. The fourth-order valence-corrected chi connectivity index (χ4v) is 1.75. The van der Waals surface area contributed by atoms with Gasteiger partial charge in [0.1, 0.15) is 5.58 Å². The Labute approximate surface area is 109 Å². The summed E-state index contributed by atoms with van der Waals surface area (Å²) in [5, 5.41) is 7.85. The van der Waals surface area contributed by atoms with E-state index < -0.39 is 0 Å². The predicted molar refractivity (Wildman–Crippen MR) is 69.9 cm³/mol. The number of anilines is 1. The summed E-state index contributed by atoms with van der Waals surface area (Å²) < 4.78 is 15.7. The summed E-state index contributed by atoms with van der Waals surface area (Å²) in [6, 6.07) is 9.99. The fraction of sp³-hybridized carbons (Fsp3) is 0.231. The van der Waals surface area contributed by atoms with E-state index in [2.05, 4.69) is 15.5 Å². The highest BCUT2D eigenvalue weighted by molar-refractivity contribution is 5.81. The Balaban J connectivity index is 1.81. The molecule has 0 radical (unpaired) electrons. The van der Waals surface area contributed by atoms with Crippen LogP contribution in [0.5, 0.6) is 0 Å². The van der Waals surface area contributed by atoms with Crippen molar-refractivity contribution >= 4 is 17.0 Å². The summed E-state index contributed by atoms with van der Waals surface area (Å²) in [7, 11) is 1.63. The van der Waals surface area contributed by atoms with Crippen LogP contribution >= 0.6 is 0 Å². The third-order valence-electron chi connectivity index (χ3n) is 2.65. The van der Waals surface area contributed by atoms with Crippen LogP contribution in [0, 0.1) is 0 Å². The fourth-order valence-electron chi connectivity index (χ4n) is 1.75. The molecule has 0 aliphatic carbocycles. The van der Waals surface area contributed by atoms with Crippen LogP contribution in [0.3, 0.4) is 0 Å². The number of benzene rings is 1. The van der Waals surface area contributed by atoms with Crippen LogP contribution in [0.1, 0.15) is 0 Å². The first-order valence-corrected chi connectivity index (χ1v) is 5.92. The zero-order valence-corrected chi connectivity index (χ0v) is 10.4. The molecule has 6 nitrogen and oxygen atoms in total.